The highest BCUT2D eigenvalue weighted by molar-refractivity contribution is 6.30. The summed E-state index contributed by atoms with van der Waals surface area (Å²) in [4.78, 5) is 0. The molecular weight excluding hydrogens is 248 g/mol. The normalized spacial score (nSPS) is 14.1. The molecule has 2 aromatic carbocycles. The van der Waals surface area contributed by atoms with Crippen molar-refractivity contribution in [2.24, 2.45) is 5.10 Å². The van der Waals surface area contributed by atoms with Crippen molar-refractivity contribution in [3.63, 3.8) is 0 Å². The van der Waals surface area contributed by atoms with Gasteiger partial charge in [-0.25, -0.2) is 0 Å². The second kappa shape index (κ2) is 4.35. The van der Waals surface area contributed by atoms with Gasteiger partial charge in [0.2, 0.25) is 0 Å². The number of hydrazone groups is 1. The smallest absolute Gasteiger partial charge is 0.0672 e. The molecule has 0 unspecified atom stereocenters. The lowest BCUT2D eigenvalue weighted by Gasteiger charge is -2.29. The summed E-state index contributed by atoms with van der Waals surface area (Å²) in [5.74, 6) is -0.202. The van der Waals surface area contributed by atoms with Gasteiger partial charge in [-0.1, -0.05) is 35.9 Å². The van der Waals surface area contributed by atoms with E-state index in [1.165, 1.54) is 0 Å². The van der Waals surface area contributed by atoms with E-state index in [2.05, 4.69) is 5.10 Å². The van der Waals surface area contributed by atoms with Gasteiger partial charge in [-0.3, -0.25) is 5.01 Å². The van der Waals surface area contributed by atoms with Crippen LogP contribution in [0.5, 0.6) is 0 Å². The third-order valence-electron chi connectivity index (χ3n) is 2.90. The fourth-order valence-corrected chi connectivity index (χ4v) is 2.12. The topological polar surface area (TPSA) is 38.7 Å². The van der Waals surface area contributed by atoms with Crippen molar-refractivity contribution in [1.82, 2.24) is 0 Å². The van der Waals surface area contributed by atoms with E-state index in [0.29, 0.717) is 17.1 Å². The first kappa shape index (κ1) is 11.1. The summed E-state index contributed by atoms with van der Waals surface area (Å²) in [5, 5.41) is 18.3. The molecule has 1 aliphatic rings. The lowest BCUT2D eigenvalue weighted by Crippen LogP contribution is -2.32. The first-order valence-electron chi connectivity index (χ1n) is 5.61. The summed E-state index contributed by atoms with van der Waals surface area (Å²) in [6, 6.07) is 14.8. The summed E-state index contributed by atoms with van der Waals surface area (Å²) >= 11 is 5.84. The second-order valence-corrected chi connectivity index (χ2v) is 4.53. The Balaban J connectivity index is 1.99. The summed E-state index contributed by atoms with van der Waals surface area (Å²) < 4.78 is 0. The number of rotatable bonds is 1. The first-order chi connectivity index (χ1) is 8.74. The molecule has 0 radical (unpaired) electrons. The van der Waals surface area contributed by atoms with E-state index in [9.17, 15) is 5.11 Å². The Kier molecular flexibility index (Phi) is 2.68. The highest BCUT2D eigenvalue weighted by atomic mass is 35.5. The number of hydrogen-bond acceptors (Lipinski definition) is 3. The third-order valence-corrected chi connectivity index (χ3v) is 3.16. The molecule has 0 amide bonds. The van der Waals surface area contributed by atoms with Crippen LogP contribution in [0.2, 0.25) is 5.02 Å². The Morgan fingerprint density at radius 1 is 1.06 bits per heavy atom. The van der Waals surface area contributed by atoms with Crippen LogP contribution in [-0.4, -0.2) is 5.90 Å². The highest BCUT2D eigenvalue weighted by Gasteiger charge is 2.14. The molecule has 18 heavy (non-hydrogen) atoms. The molecule has 0 saturated heterocycles. The zero-order valence-electron chi connectivity index (χ0n) is 9.51. The van der Waals surface area contributed by atoms with Crippen molar-refractivity contribution in [1.29, 1.82) is 0 Å². The Labute approximate surface area is 110 Å². The van der Waals surface area contributed by atoms with E-state index < -0.39 is 0 Å². The van der Waals surface area contributed by atoms with Crippen molar-refractivity contribution in [2.45, 2.75) is 6.54 Å². The molecule has 90 valence electrons. The standard InChI is InChI=1S/C14H11ClN2O/c15-11-5-7-12(8-6-11)17-9-10-3-1-2-4-13(10)14(18)16-17/h1-8H,9H2,(H,16,18)/p-1. The fourth-order valence-electron chi connectivity index (χ4n) is 1.99. The molecule has 0 aromatic heterocycles. The SMILES string of the molecule is [O-]C1=NN(c2ccc(Cl)cc2)Cc2ccccc21. The van der Waals surface area contributed by atoms with Gasteiger partial charge in [0, 0.05) is 10.9 Å². The van der Waals surface area contributed by atoms with Gasteiger partial charge < -0.3 is 5.11 Å². The minimum absolute atomic E-state index is 0.202. The number of nitrogens with zero attached hydrogens (tertiary/aromatic N) is 2. The molecule has 4 heteroatoms. The molecule has 0 atom stereocenters. The molecular formula is C14H10ClN2O-. The maximum atomic E-state index is 11.9. The lowest BCUT2D eigenvalue weighted by atomic mass is 10.1. The van der Waals surface area contributed by atoms with Crippen LogP contribution in [0.25, 0.3) is 0 Å². The van der Waals surface area contributed by atoms with E-state index in [-0.39, 0.29) is 5.90 Å². The molecule has 0 N–H and O–H groups in total. The number of fused-ring (bicyclic) bond motifs is 1. The average Bonchev–Trinajstić information content (AvgIpc) is 2.39. The van der Waals surface area contributed by atoms with Crippen LogP contribution in [0, 0.1) is 0 Å². The summed E-state index contributed by atoms with van der Waals surface area (Å²) in [7, 11) is 0. The Bertz CT molecular complexity index is 607. The number of anilines is 1. The lowest BCUT2D eigenvalue weighted by molar-refractivity contribution is -0.213. The van der Waals surface area contributed by atoms with Crippen molar-refractivity contribution in [2.75, 3.05) is 5.01 Å². The van der Waals surface area contributed by atoms with Crippen LogP contribution in [0.15, 0.2) is 53.6 Å². The van der Waals surface area contributed by atoms with Crippen LogP contribution >= 0.6 is 11.6 Å². The van der Waals surface area contributed by atoms with Crippen molar-refractivity contribution >= 4 is 23.2 Å². The first-order valence-corrected chi connectivity index (χ1v) is 5.99. The van der Waals surface area contributed by atoms with Crippen LogP contribution in [-0.2, 0) is 6.54 Å². The summed E-state index contributed by atoms with van der Waals surface area (Å²) in [6.45, 7) is 0.601. The maximum Gasteiger partial charge on any atom is 0.0672 e. The van der Waals surface area contributed by atoms with Crippen LogP contribution in [0.3, 0.4) is 0 Å². The third kappa shape index (κ3) is 1.93. The molecule has 1 aliphatic heterocycles. The zero-order chi connectivity index (χ0) is 12.5. The quantitative estimate of drug-likeness (QED) is 0.787. The molecule has 0 bridgehead atoms. The largest absolute Gasteiger partial charge is 0.857 e. The Morgan fingerprint density at radius 2 is 1.78 bits per heavy atom. The average molecular weight is 258 g/mol. The monoisotopic (exact) mass is 257 g/mol. The van der Waals surface area contributed by atoms with E-state index in [4.69, 9.17) is 11.6 Å². The molecule has 3 nitrogen and oxygen atoms in total. The van der Waals surface area contributed by atoms with Crippen molar-refractivity contribution < 1.29 is 5.11 Å². The zero-order valence-corrected chi connectivity index (χ0v) is 10.3. The predicted molar refractivity (Wildman–Crippen MR) is 70.6 cm³/mol. The molecule has 2 aromatic rings. The molecule has 0 spiro atoms. The van der Waals surface area contributed by atoms with Gasteiger partial charge in [0.05, 0.1) is 12.2 Å². The molecule has 0 aliphatic carbocycles. The van der Waals surface area contributed by atoms with Gasteiger partial charge in [-0.2, -0.15) is 5.10 Å². The maximum absolute atomic E-state index is 11.9. The van der Waals surface area contributed by atoms with Gasteiger partial charge >= 0.3 is 0 Å². The van der Waals surface area contributed by atoms with Gasteiger partial charge in [0.15, 0.2) is 0 Å². The highest BCUT2D eigenvalue weighted by Crippen LogP contribution is 2.24. The van der Waals surface area contributed by atoms with E-state index in [1.54, 1.807) is 23.2 Å². The van der Waals surface area contributed by atoms with E-state index in [0.717, 1.165) is 11.3 Å². The van der Waals surface area contributed by atoms with Crippen LogP contribution in [0.4, 0.5) is 5.69 Å². The summed E-state index contributed by atoms with van der Waals surface area (Å²) in [6.07, 6.45) is 0. The molecule has 1 heterocycles. The molecule has 0 saturated carbocycles. The number of halogens is 1. The van der Waals surface area contributed by atoms with Crippen LogP contribution in [0.1, 0.15) is 11.1 Å². The van der Waals surface area contributed by atoms with E-state index in [1.807, 2.05) is 30.3 Å². The second-order valence-electron chi connectivity index (χ2n) is 4.10. The number of benzene rings is 2. The van der Waals surface area contributed by atoms with Crippen LogP contribution < -0.4 is 10.1 Å². The Morgan fingerprint density at radius 3 is 2.56 bits per heavy atom. The molecule has 3 rings (SSSR count). The fraction of sp³-hybridized carbons (Fsp3) is 0.0714. The molecule has 0 fully saturated rings. The minimum Gasteiger partial charge on any atom is -0.857 e. The van der Waals surface area contributed by atoms with Gasteiger partial charge in [0.25, 0.3) is 0 Å². The Hall–Kier alpha value is -2.00. The van der Waals surface area contributed by atoms with Crippen molar-refractivity contribution in [3.8, 4) is 0 Å². The summed E-state index contributed by atoms with van der Waals surface area (Å²) in [5.41, 5.74) is 2.54. The van der Waals surface area contributed by atoms with E-state index >= 15 is 0 Å². The number of hydrogen-bond donors (Lipinski definition) is 0. The minimum atomic E-state index is -0.202. The van der Waals surface area contributed by atoms with Gasteiger partial charge in [-0.15, -0.1) is 0 Å². The predicted octanol–water partition coefficient (Wildman–Crippen LogP) is 2.38. The van der Waals surface area contributed by atoms with Gasteiger partial charge in [-0.05, 0) is 35.4 Å². The van der Waals surface area contributed by atoms with Gasteiger partial charge in [0.1, 0.15) is 0 Å². The van der Waals surface area contributed by atoms with Crippen molar-refractivity contribution in [3.05, 3.63) is 64.7 Å².